The third kappa shape index (κ3) is 4.26. The number of methoxy groups -OCH3 is 1. The van der Waals surface area contributed by atoms with Crippen molar-refractivity contribution < 1.29 is 13.2 Å². The zero-order chi connectivity index (χ0) is 15.5. The topological polar surface area (TPSA) is 67.4 Å². The van der Waals surface area contributed by atoms with Gasteiger partial charge in [0.15, 0.2) is 0 Å². The zero-order valence-electron chi connectivity index (χ0n) is 12.8. The minimum absolute atomic E-state index is 0.300. The monoisotopic (exact) mass is 332 g/mol. The second kappa shape index (κ2) is 6.75. The first kappa shape index (κ1) is 16.9. The fourth-order valence-corrected chi connectivity index (χ4v) is 4.57. The number of rotatable bonds is 8. The van der Waals surface area contributed by atoms with Crippen molar-refractivity contribution in [2.75, 3.05) is 13.7 Å². The SMILES string of the molecule is COC1(CNS(=O)(=O)c2csc(CNC(C)C)c2)CCC1. The molecule has 1 saturated carbocycles. The van der Waals surface area contributed by atoms with Crippen molar-refractivity contribution in [1.82, 2.24) is 10.0 Å². The summed E-state index contributed by atoms with van der Waals surface area (Å²) in [5, 5.41) is 4.98. The van der Waals surface area contributed by atoms with Gasteiger partial charge in [0.05, 0.1) is 10.5 Å². The van der Waals surface area contributed by atoms with E-state index >= 15 is 0 Å². The van der Waals surface area contributed by atoms with Gasteiger partial charge in [0.2, 0.25) is 10.0 Å². The van der Waals surface area contributed by atoms with Gasteiger partial charge in [-0.2, -0.15) is 0 Å². The highest BCUT2D eigenvalue weighted by molar-refractivity contribution is 7.89. The van der Waals surface area contributed by atoms with E-state index in [1.165, 1.54) is 11.3 Å². The number of nitrogens with one attached hydrogen (secondary N) is 2. The number of thiophene rings is 1. The Labute approximate surface area is 131 Å². The molecule has 0 aromatic carbocycles. The summed E-state index contributed by atoms with van der Waals surface area (Å²) in [5.74, 6) is 0. The molecule has 1 aromatic rings. The molecule has 1 heterocycles. The summed E-state index contributed by atoms with van der Waals surface area (Å²) in [6.45, 7) is 5.17. The Morgan fingerprint density at radius 2 is 2.14 bits per heavy atom. The molecule has 0 unspecified atom stereocenters. The third-order valence-electron chi connectivity index (χ3n) is 3.91. The summed E-state index contributed by atoms with van der Waals surface area (Å²) in [6.07, 6.45) is 2.93. The summed E-state index contributed by atoms with van der Waals surface area (Å²) in [7, 11) is -1.80. The highest BCUT2D eigenvalue weighted by Crippen LogP contribution is 2.34. The molecule has 7 heteroatoms. The molecule has 2 N–H and O–H groups in total. The van der Waals surface area contributed by atoms with Gasteiger partial charge in [-0.25, -0.2) is 13.1 Å². The van der Waals surface area contributed by atoms with Crippen LogP contribution in [-0.2, 0) is 21.3 Å². The van der Waals surface area contributed by atoms with Crippen LogP contribution in [0, 0.1) is 0 Å². The van der Waals surface area contributed by atoms with Crippen molar-refractivity contribution in [3.05, 3.63) is 16.3 Å². The van der Waals surface area contributed by atoms with Crippen LogP contribution in [0.15, 0.2) is 16.3 Å². The standard InChI is InChI=1S/C14H24N2O3S2/c1-11(2)15-8-12-7-13(9-20-12)21(17,18)16-10-14(19-3)5-4-6-14/h7,9,11,15-16H,4-6,8,10H2,1-3H3. The average molecular weight is 332 g/mol. The van der Waals surface area contributed by atoms with Gasteiger partial charge >= 0.3 is 0 Å². The van der Waals surface area contributed by atoms with Crippen LogP contribution in [0.5, 0.6) is 0 Å². The fraction of sp³-hybridized carbons (Fsp3) is 0.714. The Morgan fingerprint density at radius 1 is 1.43 bits per heavy atom. The summed E-state index contributed by atoms with van der Waals surface area (Å²) in [6, 6.07) is 2.12. The zero-order valence-corrected chi connectivity index (χ0v) is 14.4. The summed E-state index contributed by atoms with van der Waals surface area (Å²) < 4.78 is 32.7. The molecule has 120 valence electrons. The van der Waals surface area contributed by atoms with Crippen molar-refractivity contribution in [3.8, 4) is 0 Å². The number of hydrogen-bond acceptors (Lipinski definition) is 5. The van der Waals surface area contributed by atoms with Gasteiger partial charge < -0.3 is 10.1 Å². The van der Waals surface area contributed by atoms with Gasteiger partial charge in [0.1, 0.15) is 0 Å². The van der Waals surface area contributed by atoms with E-state index in [-0.39, 0.29) is 5.60 Å². The molecule has 0 aliphatic heterocycles. The lowest BCUT2D eigenvalue weighted by Gasteiger charge is -2.40. The predicted octanol–water partition coefficient (Wildman–Crippen LogP) is 2.09. The average Bonchev–Trinajstić information content (AvgIpc) is 2.85. The highest BCUT2D eigenvalue weighted by Gasteiger charge is 2.38. The van der Waals surface area contributed by atoms with E-state index in [4.69, 9.17) is 4.74 Å². The van der Waals surface area contributed by atoms with Crippen LogP contribution in [0.4, 0.5) is 0 Å². The molecule has 0 spiro atoms. The molecular weight excluding hydrogens is 308 g/mol. The molecule has 1 aromatic heterocycles. The molecular formula is C14H24N2O3S2. The summed E-state index contributed by atoms with van der Waals surface area (Å²) in [5.41, 5.74) is -0.300. The lowest BCUT2D eigenvalue weighted by Crippen LogP contribution is -2.49. The first-order valence-electron chi connectivity index (χ1n) is 7.22. The van der Waals surface area contributed by atoms with Gasteiger partial charge in [-0.05, 0) is 25.3 Å². The van der Waals surface area contributed by atoms with Crippen molar-refractivity contribution >= 4 is 21.4 Å². The van der Waals surface area contributed by atoms with Crippen molar-refractivity contribution in [2.24, 2.45) is 0 Å². The molecule has 0 amide bonds. The lowest BCUT2D eigenvalue weighted by molar-refractivity contribution is -0.0659. The first-order valence-corrected chi connectivity index (χ1v) is 9.59. The molecule has 0 radical (unpaired) electrons. The molecule has 21 heavy (non-hydrogen) atoms. The van der Waals surface area contributed by atoms with Gasteiger partial charge in [0.25, 0.3) is 0 Å². The van der Waals surface area contributed by atoms with E-state index in [1.54, 1.807) is 18.6 Å². The number of hydrogen-bond donors (Lipinski definition) is 2. The Hall–Kier alpha value is -0.470. The molecule has 0 saturated heterocycles. The molecule has 1 aliphatic rings. The maximum absolute atomic E-state index is 12.3. The minimum atomic E-state index is -3.44. The van der Waals surface area contributed by atoms with Crippen molar-refractivity contribution in [3.63, 3.8) is 0 Å². The Balaban J connectivity index is 1.96. The number of sulfonamides is 1. The van der Waals surface area contributed by atoms with Gasteiger partial charge in [-0.3, -0.25) is 0 Å². The van der Waals surface area contributed by atoms with Crippen LogP contribution in [0.1, 0.15) is 38.0 Å². The largest absolute Gasteiger partial charge is 0.377 e. The van der Waals surface area contributed by atoms with E-state index < -0.39 is 10.0 Å². The summed E-state index contributed by atoms with van der Waals surface area (Å²) >= 11 is 1.46. The fourth-order valence-electron chi connectivity index (χ4n) is 2.23. The van der Waals surface area contributed by atoms with Gasteiger partial charge in [0, 0.05) is 36.5 Å². The highest BCUT2D eigenvalue weighted by atomic mass is 32.2. The van der Waals surface area contributed by atoms with Crippen molar-refractivity contribution in [2.45, 2.75) is 56.2 Å². The molecule has 0 bridgehead atoms. The van der Waals surface area contributed by atoms with E-state index in [9.17, 15) is 8.42 Å². The van der Waals surface area contributed by atoms with E-state index in [2.05, 4.69) is 23.9 Å². The maximum atomic E-state index is 12.3. The lowest BCUT2D eigenvalue weighted by atomic mass is 9.80. The third-order valence-corrected chi connectivity index (χ3v) is 6.37. The molecule has 1 fully saturated rings. The van der Waals surface area contributed by atoms with E-state index in [0.29, 0.717) is 24.0 Å². The first-order chi connectivity index (χ1) is 9.87. The number of ether oxygens (including phenoxy) is 1. The van der Waals surface area contributed by atoms with E-state index in [1.807, 2.05) is 0 Å². The van der Waals surface area contributed by atoms with E-state index in [0.717, 1.165) is 24.1 Å². The maximum Gasteiger partial charge on any atom is 0.241 e. The molecule has 2 rings (SSSR count). The molecule has 0 atom stereocenters. The molecule has 5 nitrogen and oxygen atoms in total. The Bertz CT molecular complexity index is 557. The Morgan fingerprint density at radius 3 is 2.67 bits per heavy atom. The van der Waals surface area contributed by atoms with Gasteiger partial charge in [-0.1, -0.05) is 13.8 Å². The normalized spacial score (nSPS) is 17.9. The summed E-state index contributed by atoms with van der Waals surface area (Å²) in [4.78, 5) is 1.37. The van der Waals surface area contributed by atoms with Crippen LogP contribution >= 0.6 is 11.3 Å². The smallest absolute Gasteiger partial charge is 0.241 e. The second-order valence-electron chi connectivity index (χ2n) is 5.85. The minimum Gasteiger partial charge on any atom is -0.377 e. The molecule has 1 aliphatic carbocycles. The van der Waals surface area contributed by atoms with Crippen LogP contribution in [-0.4, -0.2) is 33.7 Å². The van der Waals surface area contributed by atoms with Crippen LogP contribution in [0.3, 0.4) is 0 Å². The predicted molar refractivity (Wildman–Crippen MR) is 85.1 cm³/mol. The quantitative estimate of drug-likeness (QED) is 0.765. The second-order valence-corrected chi connectivity index (χ2v) is 8.61. The van der Waals surface area contributed by atoms with Crippen LogP contribution < -0.4 is 10.0 Å². The van der Waals surface area contributed by atoms with Crippen molar-refractivity contribution in [1.29, 1.82) is 0 Å². The van der Waals surface area contributed by atoms with Crippen LogP contribution in [0.2, 0.25) is 0 Å². The van der Waals surface area contributed by atoms with Crippen LogP contribution in [0.25, 0.3) is 0 Å². The Kier molecular flexibility index (Phi) is 5.43. The van der Waals surface area contributed by atoms with Gasteiger partial charge in [-0.15, -0.1) is 11.3 Å².